The van der Waals surface area contributed by atoms with Gasteiger partial charge in [0.2, 0.25) is 10.0 Å². The first kappa shape index (κ1) is 18.7. The Morgan fingerprint density at radius 3 is 2.50 bits per heavy atom. The highest BCUT2D eigenvalue weighted by atomic mass is 35.5. The van der Waals surface area contributed by atoms with Crippen LogP contribution >= 0.6 is 11.6 Å². The summed E-state index contributed by atoms with van der Waals surface area (Å²) in [6.07, 6.45) is 1.75. The fourth-order valence-corrected chi connectivity index (χ4v) is 4.38. The van der Waals surface area contributed by atoms with E-state index in [1.54, 1.807) is 36.4 Å². The van der Waals surface area contributed by atoms with Crippen LogP contribution in [0.1, 0.15) is 12.8 Å². The number of nitrogens with one attached hydrogen (secondary N) is 1. The van der Waals surface area contributed by atoms with E-state index in [-0.39, 0.29) is 17.4 Å². The van der Waals surface area contributed by atoms with Gasteiger partial charge in [-0.15, -0.1) is 0 Å². The molecule has 8 heteroatoms. The van der Waals surface area contributed by atoms with Crippen LogP contribution < -0.4 is 10.1 Å². The van der Waals surface area contributed by atoms with Gasteiger partial charge in [-0.3, -0.25) is 4.79 Å². The van der Waals surface area contributed by atoms with Crippen LogP contribution in [0.2, 0.25) is 5.02 Å². The van der Waals surface area contributed by atoms with Gasteiger partial charge in [0.15, 0.2) is 6.61 Å². The highest BCUT2D eigenvalue weighted by molar-refractivity contribution is 7.89. The van der Waals surface area contributed by atoms with Crippen LogP contribution in [-0.2, 0) is 14.8 Å². The molecule has 138 valence electrons. The summed E-state index contributed by atoms with van der Waals surface area (Å²) in [5, 5.41) is 3.23. The van der Waals surface area contributed by atoms with E-state index in [1.807, 2.05) is 0 Å². The summed E-state index contributed by atoms with van der Waals surface area (Å²) in [6, 6.07) is 12.9. The minimum absolute atomic E-state index is 0.177. The number of hydrogen-bond donors (Lipinski definition) is 1. The zero-order valence-corrected chi connectivity index (χ0v) is 15.6. The van der Waals surface area contributed by atoms with Gasteiger partial charge in [0.25, 0.3) is 5.91 Å². The molecule has 26 heavy (non-hydrogen) atoms. The molecular formula is C18H19ClN2O4S. The van der Waals surface area contributed by atoms with E-state index in [2.05, 4.69) is 5.32 Å². The molecule has 2 aromatic rings. The molecule has 0 spiro atoms. The van der Waals surface area contributed by atoms with E-state index in [4.69, 9.17) is 16.3 Å². The number of carbonyl (C=O) groups excluding carboxylic acids is 1. The molecule has 1 aliphatic rings. The van der Waals surface area contributed by atoms with E-state index < -0.39 is 10.0 Å². The zero-order valence-electron chi connectivity index (χ0n) is 14.0. The van der Waals surface area contributed by atoms with E-state index in [1.165, 1.54) is 16.4 Å². The Morgan fingerprint density at radius 2 is 1.81 bits per heavy atom. The highest BCUT2D eigenvalue weighted by Crippen LogP contribution is 2.23. The number of hydrogen-bond acceptors (Lipinski definition) is 4. The lowest BCUT2D eigenvalue weighted by Crippen LogP contribution is -2.28. The van der Waals surface area contributed by atoms with Crippen molar-refractivity contribution in [2.45, 2.75) is 17.7 Å². The topological polar surface area (TPSA) is 75.7 Å². The molecule has 0 saturated carbocycles. The number of benzene rings is 2. The molecule has 2 aromatic carbocycles. The number of carbonyl (C=O) groups is 1. The third kappa shape index (κ3) is 4.55. The first-order chi connectivity index (χ1) is 12.4. The molecule has 0 bridgehead atoms. The minimum atomic E-state index is -3.52. The third-order valence-corrected chi connectivity index (χ3v) is 6.15. The summed E-state index contributed by atoms with van der Waals surface area (Å²) in [5.41, 5.74) is 0.412. The number of sulfonamides is 1. The van der Waals surface area contributed by atoms with Crippen molar-refractivity contribution < 1.29 is 17.9 Å². The number of nitrogens with zero attached hydrogens (tertiary/aromatic N) is 1. The molecule has 3 rings (SSSR count). The minimum Gasteiger partial charge on any atom is -0.484 e. The largest absolute Gasteiger partial charge is 0.484 e. The predicted octanol–water partition coefficient (Wildman–Crippen LogP) is 3.14. The molecule has 0 aromatic heterocycles. The predicted molar refractivity (Wildman–Crippen MR) is 100 cm³/mol. The summed E-state index contributed by atoms with van der Waals surface area (Å²) < 4.78 is 32.0. The van der Waals surface area contributed by atoms with Gasteiger partial charge < -0.3 is 10.1 Å². The van der Waals surface area contributed by atoms with Crippen LogP contribution in [0.3, 0.4) is 0 Å². The smallest absolute Gasteiger partial charge is 0.262 e. The van der Waals surface area contributed by atoms with Crippen molar-refractivity contribution in [3.05, 3.63) is 53.6 Å². The van der Waals surface area contributed by atoms with Crippen molar-refractivity contribution in [3.8, 4) is 5.75 Å². The number of amides is 1. The van der Waals surface area contributed by atoms with E-state index >= 15 is 0 Å². The van der Waals surface area contributed by atoms with Gasteiger partial charge in [-0.25, -0.2) is 8.42 Å². The number of anilines is 1. The normalized spacial score (nSPS) is 15.0. The summed E-state index contributed by atoms with van der Waals surface area (Å²) in [4.78, 5) is 12.2. The maximum Gasteiger partial charge on any atom is 0.262 e. The van der Waals surface area contributed by atoms with Crippen LogP contribution in [0.25, 0.3) is 0 Å². The van der Waals surface area contributed by atoms with Crippen molar-refractivity contribution in [1.29, 1.82) is 0 Å². The maximum atomic E-state index is 12.6. The average Bonchev–Trinajstić information content (AvgIpc) is 3.17. The molecule has 1 N–H and O–H groups in total. The SMILES string of the molecule is O=C(COc1ccc(Cl)cc1)Nc1cccc(S(=O)(=O)N2CCCC2)c1. The third-order valence-electron chi connectivity index (χ3n) is 4.00. The molecule has 1 aliphatic heterocycles. The van der Waals surface area contributed by atoms with Gasteiger partial charge >= 0.3 is 0 Å². The maximum absolute atomic E-state index is 12.6. The Labute approximate surface area is 157 Å². The number of ether oxygens (including phenoxy) is 1. The molecular weight excluding hydrogens is 376 g/mol. The molecule has 1 saturated heterocycles. The molecule has 0 unspecified atom stereocenters. The molecule has 1 heterocycles. The molecule has 0 radical (unpaired) electrons. The first-order valence-electron chi connectivity index (χ1n) is 8.23. The van der Waals surface area contributed by atoms with Crippen LogP contribution in [0.4, 0.5) is 5.69 Å². The molecule has 6 nitrogen and oxygen atoms in total. The lowest BCUT2D eigenvalue weighted by Gasteiger charge is -2.16. The molecule has 0 atom stereocenters. The van der Waals surface area contributed by atoms with Gasteiger partial charge in [0.05, 0.1) is 4.90 Å². The van der Waals surface area contributed by atoms with Crippen molar-refractivity contribution in [2.75, 3.05) is 25.0 Å². The van der Waals surface area contributed by atoms with Crippen molar-refractivity contribution in [3.63, 3.8) is 0 Å². The Morgan fingerprint density at radius 1 is 1.12 bits per heavy atom. The van der Waals surface area contributed by atoms with Gasteiger partial charge in [0.1, 0.15) is 5.75 Å². The Hall–Kier alpha value is -2.09. The first-order valence-corrected chi connectivity index (χ1v) is 10.1. The number of rotatable bonds is 6. The van der Waals surface area contributed by atoms with Gasteiger partial charge in [-0.05, 0) is 55.3 Å². The second-order valence-corrected chi connectivity index (χ2v) is 8.30. The fraction of sp³-hybridized carbons (Fsp3) is 0.278. The van der Waals surface area contributed by atoms with Gasteiger partial charge in [0, 0.05) is 23.8 Å². The van der Waals surface area contributed by atoms with Gasteiger partial charge in [-0.1, -0.05) is 17.7 Å². The summed E-state index contributed by atoms with van der Waals surface area (Å²) in [5.74, 6) is 0.144. The van der Waals surface area contributed by atoms with Crippen LogP contribution in [0.15, 0.2) is 53.4 Å². The summed E-state index contributed by atoms with van der Waals surface area (Å²) in [6.45, 7) is 0.881. The quantitative estimate of drug-likeness (QED) is 0.816. The average molecular weight is 395 g/mol. The Bertz CT molecular complexity index is 878. The second-order valence-electron chi connectivity index (χ2n) is 5.93. The second kappa shape index (κ2) is 8.07. The molecule has 0 aliphatic carbocycles. The molecule has 1 fully saturated rings. The van der Waals surface area contributed by atoms with Crippen molar-refractivity contribution >= 4 is 33.2 Å². The fourth-order valence-electron chi connectivity index (χ4n) is 2.69. The Balaban J connectivity index is 1.62. The highest BCUT2D eigenvalue weighted by Gasteiger charge is 2.27. The summed E-state index contributed by atoms with van der Waals surface area (Å²) >= 11 is 5.79. The Kier molecular flexibility index (Phi) is 5.80. The molecule has 1 amide bonds. The van der Waals surface area contributed by atoms with Crippen LogP contribution in [0.5, 0.6) is 5.75 Å². The van der Waals surface area contributed by atoms with Crippen molar-refractivity contribution in [1.82, 2.24) is 4.31 Å². The zero-order chi connectivity index (χ0) is 18.6. The summed E-state index contributed by atoms with van der Waals surface area (Å²) in [7, 11) is -3.52. The lowest BCUT2D eigenvalue weighted by molar-refractivity contribution is -0.118. The standard InChI is InChI=1S/C18H19ClN2O4S/c19-14-6-8-16(9-7-14)25-13-18(22)20-15-4-3-5-17(12-15)26(23,24)21-10-1-2-11-21/h3-9,12H,1-2,10-11,13H2,(H,20,22). The monoisotopic (exact) mass is 394 g/mol. The lowest BCUT2D eigenvalue weighted by atomic mass is 10.3. The van der Waals surface area contributed by atoms with Crippen LogP contribution in [-0.4, -0.2) is 38.3 Å². The van der Waals surface area contributed by atoms with Crippen LogP contribution in [0, 0.1) is 0 Å². The van der Waals surface area contributed by atoms with Gasteiger partial charge in [-0.2, -0.15) is 4.31 Å². The van der Waals surface area contributed by atoms with E-state index in [0.717, 1.165) is 12.8 Å². The van der Waals surface area contributed by atoms with E-state index in [9.17, 15) is 13.2 Å². The number of halogens is 1. The van der Waals surface area contributed by atoms with Crippen molar-refractivity contribution in [2.24, 2.45) is 0 Å². The van der Waals surface area contributed by atoms with E-state index in [0.29, 0.717) is 29.5 Å².